The van der Waals surface area contributed by atoms with Crippen molar-refractivity contribution < 1.29 is 14.3 Å². The van der Waals surface area contributed by atoms with Crippen molar-refractivity contribution in [2.45, 2.75) is 13.0 Å². The van der Waals surface area contributed by atoms with Crippen LogP contribution in [0.1, 0.15) is 12.5 Å². The van der Waals surface area contributed by atoms with Gasteiger partial charge in [-0.3, -0.25) is 9.59 Å². The molecule has 1 N–H and O–H groups in total. The SMILES string of the molecule is C=CCN1C(=O)C(C)Oc2cc(NC(=O)/C=C/c3ccccc3)ccc21. The van der Waals surface area contributed by atoms with Crippen molar-refractivity contribution in [1.29, 1.82) is 0 Å². The van der Waals surface area contributed by atoms with E-state index in [0.717, 1.165) is 5.56 Å². The van der Waals surface area contributed by atoms with E-state index in [4.69, 9.17) is 4.74 Å². The van der Waals surface area contributed by atoms with Crippen molar-refractivity contribution in [3.8, 4) is 5.75 Å². The minimum absolute atomic E-state index is 0.111. The van der Waals surface area contributed by atoms with Crippen molar-refractivity contribution >= 4 is 29.3 Å². The fourth-order valence-electron chi connectivity index (χ4n) is 2.73. The van der Waals surface area contributed by atoms with Crippen LogP contribution in [0.4, 0.5) is 11.4 Å². The van der Waals surface area contributed by atoms with E-state index in [0.29, 0.717) is 23.7 Å². The second-order valence-electron chi connectivity index (χ2n) is 5.91. The lowest BCUT2D eigenvalue weighted by Crippen LogP contribution is -2.44. The largest absolute Gasteiger partial charge is 0.479 e. The van der Waals surface area contributed by atoms with Gasteiger partial charge in [-0.15, -0.1) is 6.58 Å². The number of fused-ring (bicyclic) bond motifs is 1. The first-order chi connectivity index (χ1) is 12.6. The van der Waals surface area contributed by atoms with Crippen LogP contribution < -0.4 is 15.0 Å². The highest BCUT2D eigenvalue weighted by Crippen LogP contribution is 2.36. The second kappa shape index (κ2) is 7.70. The van der Waals surface area contributed by atoms with Gasteiger partial charge in [-0.25, -0.2) is 0 Å². The maximum absolute atomic E-state index is 12.2. The molecule has 0 fully saturated rings. The van der Waals surface area contributed by atoms with Gasteiger partial charge in [0.15, 0.2) is 6.10 Å². The van der Waals surface area contributed by atoms with Crippen LogP contribution in [0.25, 0.3) is 6.08 Å². The first kappa shape index (κ1) is 17.5. The Labute approximate surface area is 152 Å². The molecule has 0 aliphatic carbocycles. The van der Waals surface area contributed by atoms with Crippen LogP contribution in [0.5, 0.6) is 5.75 Å². The van der Waals surface area contributed by atoms with E-state index in [1.807, 2.05) is 30.3 Å². The number of hydrogen-bond donors (Lipinski definition) is 1. The van der Waals surface area contributed by atoms with Crippen LogP contribution in [0.3, 0.4) is 0 Å². The molecular formula is C21H20N2O3. The van der Waals surface area contributed by atoms with Gasteiger partial charge in [-0.1, -0.05) is 36.4 Å². The summed E-state index contributed by atoms with van der Waals surface area (Å²) in [6, 6.07) is 14.8. The molecule has 3 rings (SSSR count). The molecule has 1 heterocycles. The zero-order chi connectivity index (χ0) is 18.5. The van der Waals surface area contributed by atoms with Crippen molar-refractivity contribution in [2.75, 3.05) is 16.8 Å². The Morgan fingerprint density at radius 1 is 1.27 bits per heavy atom. The summed E-state index contributed by atoms with van der Waals surface area (Å²) in [6.45, 7) is 5.80. The molecular weight excluding hydrogens is 328 g/mol. The maximum Gasteiger partial charge on any atom is 0.268 e. The monoisotopic (exact) mass is 348 g/mol. The van der Waals surface area contributed by atoms with Crippen LogP contribution in [0.2, 0.25) is 0 Å². The van der Waals surface area contributed by atoms with Crippen molar-refractivity contribution in [2.24, 2.45) is 0 Å². The first-order valence-corrected chi connectivity index (χ1v) is 8.35. The summed E-state index contributed by atoms with van der Waals surface area (Å²) in [5.41, 5.74) is 2.22. The molecule has 0 saturated carbocycles. The van der Waals surface area contributed by atoms with Gasteiger partial charge in [0, 0.05) is 24.4 Å². The van der Waals surface area contributed by atoms with E-state index < -0.39 is 6.10 Å². The third kappa shape index (κ3) is 3.83. The second-order valence-corrected chi connectivity index (χ2v) is 5.91. The van der Waals surface area contributed by atoms with Crippen molar-refractivity contribution in [1.82, 2.24) is 0 Å². The lowest BCUT2D eigenvalue weighted by molar-refractivity contribution is -0.125. The molecule has 132 valence electrons. The van der Waals surface area contributed by atoms with Gasteiger partial charge in [0.05, 0.1) is 5.69 Å². The molecule has 1 aliphatic heterocycles. The fraction of sp³-hybridized carbons (Fsp3) is 0.143. The van der Waals surface area contributed by atoms with Crippen molar-refractivity contribution in [3.05, 3.63) is 72.8 Å². The lowest BCUT2D eigenvalue weighted by atomic mass is 10.1. The third-order valence-corrected chi connectivity index (χ3v) is 3.97. The van der Waals surface area contributed by atoms with E-state index in [-0.39, 0.29) is 11.8 Å². The molecule has 0 saturated heterocycles. The van der Waals surface area contributed by atoms with Gasteiger partial charge in [-0.2, -0.15) is 0 Å². The molecule has 2 aromatic rings. The number of ether oxygens (including phenoxy) is 1. The average molecular weight is 348 g/mol. The quantitative estimate of drug-likeness (QED) is 0.663. The highest BCUT2D eigenvalue weighted by atomic mass is 16.5. The van der Waals surface area contributed by atoms with Crippen molar-refractivity contribution in [3.63, 3.8) is 0 Å². The number of carbonyl (C=O) groups is 2. The summed E-state index contributed by atoms with van der Waals surface area (Å²) in [7, 11) is 0. The predicted molar refractivity (Wildman–Crippen MR) is 103 cm³/mol. The van der Waals surface area contributed by atoms with Gasteiger partial charge in [0.25, 0.3) is 5.91 Å². The van der Waals surface area contributed by atoms with E-state index in [1.165, 1.54) is 6.08 Å². The molecule has 0 radical (unpaired) electrons. The molecule has 0 bridgehead atoms. The van der Waals surface area contributed by atoms with Crippen LogP contribution >= 0.6 is 0 Å². The summed E-state index contributed by atoms with van der Waals surface area (Å²) in [5.74, 6) is 0.209. The number of nitrogens with zero attached hydrogens (tertiary/aromatic N) is 1. The standard InChI is InChI=1S/C21H20N2O3/c1-3-13-23-18-11-10-17(14-19(18)26-15(2)21(23)25)22-20(24)12-9-16-7-5-4-6-8-16/h3-12,14-15H,1,13H2,2H3,(H,22,24)/b12-9+. The van der Waals surface area contributed by atoms with Crippen LogP contribution in [-0.2, 0) is 9.59 Å². The first-order valence-electron chi connectivity index (χ1n) is 8.35. The zero-order valence-electron chi connectivity index (χ0n) is 14.5. The lowest BCUT2D eigenvalue weighted by Gasteiger charge is -2.32. The number of anilines is 2. The minimum atomic E-state index is -0.577. The summed E-state index contributed by atoms with van der Waals surface area (Å²) in [4.78, 5) is 26.0. The molecule has 2 aromatic carbocycles. The fourth-order valence-corrected chi connectivity index (χ4v) is 2.73. The Kier molecular flexibility index (Phi) is 5.17. The highest BCUT2D eigenvalue weighted by molar-refractivity contribution is 6.03. The predicted octanol–water partition coefficient (Wildman–Crippen LogP) is 3.64. The minimum Gasteiger partial charge on any atom is -0.479 e. The van der Waals surface area contributed by atoms with Gasteiger partial charge >= 0.3 is 0 Å². The third-order valence-electron chi connectivity index (χ3n) is 3.97. The Hall–Kier alpha value is -3.34. The number of amides is 2. The summed E-state index contributed by atoms with van der Waals surface area (Å²) >= 11 is 0. The van der Waals surface area contributed by atoms with Gasteiger partial charge < -0.3 is 15.0 Å². The molecule has 0 aromatic heterocycles. The Balaban J connectivity index is 1.75. The molecule has 1 aliphatic rings. The Bertz CT molecular complexity index is 859. The van der Waals surface area contributed by atoms with E-state index in [9.17, 15) is 9.59 Å². The van der Waals surface area contributed by atoms with Gasteiger partial charge in [-0.05, 0) is 30.7 Å². The zero-order valence-corrected chi connectivity index (χ0v) is 14.5. The van der Waals surface area contributed by atoms with E-state index in [2.05, 4.69) is 11.9 Å². The molecule has 26 heavy (non-hydrogen) atoms. The molecule has 1 atom stereocenters. The molecule has 5 nitrogen and oxygen atoms in total. The molecule has 5 heteroatoms. The number of rotatable bonds is 5. The summed E-state index contributed by atoms with van der Waals surface area (Å²) < 4.78 is 5.68. The van der Waals surface area contributed by atoms with E-state index in [1.54, 1.807) is 42.2 Å². The topological polar surface area (TPSA) is 58.6 Å². The van der Waals surface area contributed by atoms with Crippen LogP contribution in [0, 0.1) is 0 Å². The number of hydrogen-bond acceptors (Lipinski definition) is 3. The molecule has 1 unspecified atom stereocenters. The summed E-state index contributed by atoms with van der Waals surface area (Å²) in [5, 5.41) is 2.81. The molecule has 2 amide bonds. The van der Waals surface area contributed by atoms with Gasteiger partial charge in [0.1, 0.15) is 5.75 Å². The average Bonchev–Trinajstić information content (AvgIpc) is 2.64. The van der Waals surface area contributed by atoms with Gasteiger partial charge in [0.2, 0.25) is 5.91 Å². The highest BCUT2D eigenvalue weighted by Gasteiger charge is 2.30. The number of nitrogens with one attached hydrogen (secondary N) is 1. The Morgan fingerprint density at radius 3 is 2.77 bits per heavy atom. The number of carbonyl (C=O) groups excluding carboxylic acids is 2. The molecule has 0 spiro atoms. The maximum atomic E-state index is 12.2. The smallest absolute Gasteiger partial charge is 0.268 e. The van der Waals surface area contributed by atoms with Crippen LogP contribution in [0.15, 0.2) is 67.3 Å². The van der Waals surface area contributed by atoms with Crippen LogP contribution in [-0.4, -0.2) is 24.5 Å². The number of benzene rings is 2. The Morgan fingerprint density at radius 2 is 2.04 bits per heavy atom. The normalized spacial score (nSPS) is 16.1. The van der Waals surface area contributed by atoms with E-state index >= 15 is 0 Å². The summed E-state index contributed by atoms with van der Waals surface area (Å²) in [6.07, 6.45) is 4.32.